The first kappa shape index (κ1) is 13.9. The van der Waals surface area contributed by atoms with Crippen molar-refractivity contribution in [3.8, 4) is 0 Å². The van der Waals surface area contributed by atoms with Gasteiger partial charge in [-0.2, -0.15) is 0 Å². The van der Waals surface area contributed by atoms with E-state index < -0.39 is 11.9 Å². The predicted molar refractivity (Wildman–Crippen MR) is 82.1 cm³/mol. The second kappa shape index (κ2) is 5.40. The van der Waals surface area contributed by atoms with Crippen LogP contribution in [0.25, 0.3) is 0 Å². The number of carbonyl (C=O) groups excluding carboxylic acids is 2. The molecule has 1 heterocycles. The molecule has 0 spiro atoms. The van der Waals surface area contributed by atoms with Crippen LogP contribution >= 0.6 is 0 Å². The van der Waals surface area contributed by atoms with E-state index in [4.69, 9.17) is 9.47 Å². The van der Waals surface area contributed by atoms with Crippen molar-refractivity contribution in [3.05, 3.63) is 47.5 Å². The summed E-state index contributed by atoms with van der Waals surface area (Å²) < 4.78 is 9.58. The lowest BCUT2D eigenvalue weighted by Crippen LogP contribution is -2.15. The molecule has 0 saturated carbocycles. The number of anilines is 4. The molecule has 2 aromatic carbocycles. The standard InChI is InChI=1S/C16H14N2O4/c1-21-15(19)9-5-3-7-11-13(9)17-12-8-4-6-10(14(12)18-11)16(20)22-2/h3-8,17-18H,1-2H3. The largest absolute Gasteiger partial charge is 0.465 e. The van der Waals surface area contributed by atoms with E-state index in [1.807, 2.05) is 12.1 Å². The maximum atomic E-state index is 11.9. The minimum absolute atomic E-state index is 0.418. The number of fused-ring (bicyclic) bond motifs is 2. The van der Waals surface area contributed by atoms with Gasteiger partial charge in [0.2, 0.25) is 0 Å². The van der Waals surface area contributed by atoms with Crippen molar-refractivity contribution in [1.29, 1.82) is 0 Å². The fraction of sp³-hybridized carbons (Fsp3) is 0.125. The molecule has 0 fully saturated rings. The number of hydrogen-bond donors (Lipinski definition) is 2. The number of ether oxygens (including phenoxy) is 2. The zero-order chi connectivity index (χ0) is 15.7. The van der Waals surface area contributed by atoms with Gasteiger partial charge in [-0.05, 0) is 24.3 Å². The molecule has 2 N–H and O–H groups in total. The summed E-state index contributed by atoms with van der Waals surface area (Å²) in [5, 5.41) is 6.35. The lowest BCUT2D eigenvalue weighted by molar-refractivity contribution is 0.0592. The van der Waals surface area contributed by atoms with E-state index in [9.17, 15) is 9.59 Å². The Morgan fingerprint density at radius 1 is 0.773 bits per heavy atom. The molecule has 0 aliphatic carbocycles. The van der Waals surface area contributed by atoms with Crippen LogP contribution in [0, 0.1) is 0 Å². The zero-order valence-corrected chi connectivity index (χ0v) is 12.1. The van der Waals surface area contributed by atoms with Crippen molar-refractivity contribution in [1.82, 2.24) is 0 Å². The Bertz CT molecular complexity index is 705. The average molecular weight is 298 g/mol. The highest BCUT2D eigenvalue weighted by Gasteiger charge is 2.24. The summed E-state index contributed by atoms with van der Waals surface area (Å²) in [5.74, 6) is -0.863. The Kier molecular flexibility index (Phi) is 3.42. The highest BCUT2D eigenvalue weighted by molar-refractivity contribution is 6.07. The van der Waals surface area contributed by atoms with Gasteiger partial charge in [0.1, 0.15) is 0 Å². The Hall–Kier alpha value is -3.02. The number of para-hydroxylation sites is 2. The van der Waals surface area contributed by atoms with Crippen molar-refractivity contribution >= 4 is 34.7 Å². The van der Waals surface area contributed by atoms with Crippen LogP contribution in [0.1, 0.15) is 20.7 Å². The number of carbonyl (C=O) groups is 2. The van der Waals surface area contributed by atoms with Crippen LogP contribution < -0.4 is 10.6 Å². The molecule has 1 aliphatic heterocycles. The van der Waals surface area contributed by atoms with Crippen molar-refractivity contribution in [2.24, 2.45) is 0 Å². The van der Waals surface area contributed by atoms with E-state index in [1.165, 1.54) is 14.2 Å². The molecule has 1 aliphatic rings. The van der Waals surface area contributed by atoms with Gasteiger partial charge < -0.3 is 20.1 Å². The second-order valence-electron chi connectivity index (χ2n) is 4.69. The fourth-order valence-electron chi connectivity index (χ4n) is 2.41. The van der Waals surface area contributed by atoms with Crippen LogP contribution in [-0.4, -0.2) is 26.2 Å². The van der Waals surface area contributed by atoms with Gasteiger partial charge in [-0.25, -0.2) is 9.59 Å². The van der Waals surface area contributed by atoms with Crippen molar-refractivity contribution in [3.63, 3.8) is 0 Å². The minimum atomic E-state index is -0.432. The SMILES string of the molecule is COC(=O)c1cccc2c1Nc1cccc(C(=O)OC)c1N2. The number of nitrogens with one attached hydrogen (secondary N) is 2. The summed E-state index contributed by atoms with van der Waals surface area (Å²) in [6.45, 7) is 0. The first-order valence-corrected chi connectivity index (χ1v) is 6.62. The molecule has 0 aromatic heterocycles. The summed E-state index contributed by atoms with van der Waals surface area (Å²) in [5.41, 5.74) is 3.44. The van der Waals surface area contributed by atoms with Crippen molar-refractivity contribution in [2.75, 3.05) is 24.9 Å². The highest BCUT2D eigenvalue weighted by atomic mass is 16.5. The van der Waals surface area contributed by atoms with Crippen LogP contribution in [-0.2, 0) is 9.47 Å². The quantitative estimate of drug-likeness (QED) is 0.708. The summed E-state index contributed by atoms with van der Waals surface area (Å²) in [7, 11) is 2.67. The summed E-state index contributed by atoms with van der Waals surface area (Å²) >= 11 is 0. The van der Waals surface area contributed by atoms with Crippen LogP contribution in [0.4, 0.5) is 22.7 Å². The maximum Gasteiger partial charge on any atom is 0.340 e. The fourth-order valence-corrected chi connectivity index (χ4v) is 2.41. The Labute approximate surface area is 127 Å². The van der Waals surface area contributed by atoms with Gasteiger partial charge in [-0.1, -0.05) is 12.1 Å². The molecule has 22 heavy (non-hydrogen) atoms. The normalized spacial score (nSPS) is 11.4. The third-order valence-electron chi connectivity index (χ3n) is 3.46. The molecule has 6 heteroatoms. The number of methoxy groups -OCH3 is 2. The predicted octanol–water partition coefficient (Wildman–Crippen LogP) is 3.06. The van der Waals surface area contributed by atoms with Crippen molar-refractivity contribution < 1.29 is 19.1 Å². The molecular formula is C16H14N2O4. The van der Waals surface area contributed by atoms with E-state index in [0.29, 0.717) is 33.9 Å². The smallest absolute Gasteiger partial charge is 0.340 e. The monoisotopic (exact) mass is 298 g/mol. The Balaban J connectivity index is 2.10. The van der Waals surface area contributed by atoms with E-state index in [2.05, 4.69) is 10.6 Å². The van der Waals surface area contributed by atoms with Crippen LogP contribution in [0.15, 0.2) is 36.4 Å². The topological polar surface area (TPSA) is 76.7 Å². The summed E-state index contributed by atoms with van der Waals surface area (Å²) in [6, 6.07) is 10.5. The maximum absolute atomic E-state index is 11.9. The van der Waals surface area contributed by atoms with E-state index in [-0.39, 0.29) is 0 Å². The molecule has 0 saturated heterocycles. The molecule has 6 nitrogen and oxygen atoms in total. The van der Waals surface area contributed by atoms with Gasteiger partial charge in [-0.15, -0.1) is 0 Å². The third-order valence-corrected chi connectivity index (χ3v) is 3.46. The molecule has 2 aromatic rings. The number of benzene rings is 2. The number of esters is 2. The van der Waals surface area contributed by atoms with Crippen LogP contribution in [0.3, 0.4) is 0 Å². The van der Waals surface area contributed by atoms with Crippen LogP contribution in [0.2, 0.25) is 0 Å². The molecule has 0 unspecified atom stereocenters. The van der Waals surface area contributed by atoms with E-state index in [1.54, 1.807) is 24.3 Å². The molecule has 0 atom stereocenters. The van der Waals surface area contributed by atoms with Crippen LogP contribution in [0.5, 0.6) is 0 Å². The Morgan fingerprint density at radius 3 is 1.55 bits per heavy atom. The summed E-state index contributed by atoms with van der Waals surface area (Å²) in [6.07, 6.45) is 0. The minimum Gasteiger partial charge on any atom is -0.465 e. The zero-order valence-electron chi connectivity index (χ0n) is 12.1. The molecular weight excluding hydrogens is 284 g/mol. The third kappa shape index (κ3) is 2.14. The van der Waals surface area contributed by atoms with Gasteiger partial charge in [0, 0.05) is 0 Å². The van der Waals surface area contributed by atoms with E-state index >= 15 is 0 Å². The molecule has 112 valence electrons. The van der Waals surface area contributed by atoms with E-state index in [0.717, 1.165) is 0 Å². The lowest BCUT2D eigenvalue weighted by atomic mass is 10.0. The first-order valence-electron chi connectivity index (χ1n) is 6.62. The first-order chi connectivity index (χ1) is 10.7. The molecule has 0 bridgehead atoms. The number of rotatable bonds is 2. The van der Waals surface area contributed by atoms with Gasteiger partial charge in [0.25, 0.3) is 0 Å². The lowest BCUT2D eigenvalue weighted by Gasteiger charge is -2.25. The van der Waals surface area contributed by atoms with Gasteiger partial charge >= 0.3 is 11.9 Å². The van der Waals surface area contributed by atoms with Gasteiger partial charge in [0.15, 0.2) is 0 Å². The average Bonchev–Trinajstić information content (AvgIpc) is 2.57. The highest BCUT2D eigenvalue weighted by Crippen LogP contribution is 2.42. The summed E-state index contributed by atoms with van der Waals surface area (Å²) in [4.78, 5) is 23.7. The number of hydrogen-bond acceptors (Lipinski definition) is 6. The molecule has 0 radical (unpaired) electrons. The molecule has 3 rings (SSSR count). The molecule has 0 amide bonds. The van der Waals surface area contributed by atoms with Gasteiger partial charge in [-0.3, -0.25) is 0 Å². The Morgan fingerprint density at radius 2 is 1.18 bits per heavy atom. The van der Waals surface area contributed by atoms with Gasteiger partial charge in [0.05, 0.1) is 48.1 Å². The van der Waals surface area contributed by atoms with Crippen molar-refractivity contribution in [2.45, 2.75) is 0 Å². The second-order valence-corrected chi connectivity index (χ2v) is 4.69.